The van der Waals surface area contributed by atoms with Gasteiger partial charge in [-0.25, -0.2) is 0 Å². The largest absolute Gasteiger partial charge is 0.433 e. The highest BCUT2D eigenvalue weighted by molar-refractivity contribution is 6.04. The molecule has 158 valence electrons. The molecule has 0 spiro atoms. The van der Waals surface area contributed by atoms with Crippen LogP contribution >= 0.6 is 0 Å². The first-order chi connectivity index (χ1) is 14.7. The lowest BCUT2D eigenvalue weighted by atomic mass is 10.0. The van der Waals surface area contributed by atoms with E-state index in [4.69, 9.17) is 0 Å². The minimum Gasteiger partial charge on any atom is -0.322 e. The second-order valence-electron chi connectivity index (χ2n) is 6.69. The van der Waals surface area contributed by atoms with E-state index in [0.29, 0.717) is 24.0 Å². The van der Waals surface area contributed by atoms with Crippen molar-refractivity contribution in [2.24, 2.45) is 0 Å². The third-order valence-corrected chi connectivity index (χ3v) is 4.59. The maximum absolute atomic E-state index is 12.9. The second-order valence-corrected chi connectivity index (χ2v) is 6.69. The highest BCUT2D eigenvalue weighted by Crippen LogP contribution is 2.30. The molecule has 0 atom stereocenters. The van der Waals surface area contributed by atoms with E-state index in [-0.39, 0.29) is 5.56 Å². The van der Waals surface area contributed by atoms with E-state index < -0.39 is 17.8 Å². The molecule has 31 heavy (non-hydrogen) atoms. The normalized spacial score (nSPS) is 11.0. The molecule has 0 bridgehead atoms. The number of nitrogens with one attached hydrogen (secondary N) is 1. The summed E-state index contributed by atoms with van der Waals surface area (Å²) in [6, 6.07) is 8.89. The van der Waals surface area contributed by atoms with Crippen LogP contribution in [-0.4, -0.2) is 22.4 Å². The van der Waals surface area contributed by atoms with Gasteiger partial charge in [-0.1, -0.05) is 6.07 Å². The Morgan fingerprint density at radius 3 is 2.65 bits per heavy atom. The number of alkyl halides is 3. The molecule has 1 amide bonds. The van der Waals surface area contributed by atoms with E-state index in [0.717, 1.165) is 22.9 Å². The fraction of sp³-hybridized carbons (Fsp3) is 0.182. The quantitative estimate of drug-likeness (QED) is 0.458. The van der Waals surface area contributed by atoms with Crippen molar-refractivity contribution < 1.29 is 18.0 Å². The number of benzene rings is 1. The fourth-order valence-electron chi connectivity index (χ4n) is 2.97. The van der Waals surface area contributed by atoms with Gasteiger partial charge >= 0.3 is 6.18 Å². The third kappa shape index (κ3) is 4.98. The summed E-state index contributed by atoms with van der Waals surface area (Å²) in [4.78, 5) is 21.4. The van der Waals surface area contributed by atoms with Crippen LogP contribution in [0.3, 0.4) is 0 Å². The lowest BCUT2D eigenvalue weighted by Crippen LogP contribution is -2.15. The second kappa shape index (κ2) is 8.83. The van der Waals surface area contributed by atoms with Crippen LogP contribution in [0.15, 0.2) is 55.0 Å². The number of halogens is 3. The Morgan fingerprint density at radius 2 is 1.97 bits per heavy atom. The van der Waals surface area contributed by atoms with Crippen LogP contribution in [0.4, 0.5) is 24.5 Å². The maximum Gasteiger partial charge on any atom is 0.433 e. The number of anilines is 2. The summed E-state index contributed by atoms with van der Waals surface area (Å²) in [5, 5.41) is 11.9. The Hall–Kier alpha value is -3.93. The lowest BCUT2D eigenvalue weighted by molar-refractivity contribution is -0.141. The third-order valence-electron chi connectivity index (χ3n) is 4.59. The van der Waals surface area contributed by atoms with Gasteiger partial charge in [0.2, 0.25) is 0 Å². The van der Waals surface area contributed by atoms with Crippen molar-refractivity contribution in [2.45, 2.75) is 20.0 Å². The molecule has 0 aliphatic carbocycles. The van der Waals surface area contributed by atoms with Crippen LogP contribution in [0.2, 0.25) is 0 Å². The maximum atomic E-state index is 12.9. The van der Waals surface area contributed by atoms with Crippen LogP contribution < -0.4 is 10.2 Å². The van der Waals surface area contributed by atoms with Crippen molar-refractivity contribution in [3.8, 4) is 17.3 Å². The van der Waals surface area contributed by atoms with Crippen LogP contribution in [0, 0.1) is 18.4 Å². The molecule has 0 aliphatic rings. The van der Waals surface area contributed by atoms with Crippen LogP contribution in [0.25, 0.3) is 11.1 Å². The highest BCUT2D eigenvalue weighted by atomic mass is 19.4. The Balaban J connectivity index is 1.90. The molecule has 1 aromatic carbocycles. The van der Waals surface area contributed by atoms with E-state index in [1.807, 2.05) is 19.9 Å². The van der Waals surface area contributed by atoms with Crippen molar-refractivity contribution in [1.29, 1.82) is 5.26 Å². The van der Waals surface area contributed by atoms with E-state index in [9.17, 15) is 23.2 Å². The zero-order valence-electron chi connectivity index (χ0n) is 16.7. The number of hydrogen-bond donors (Lipinski definition) is 1. The molecular weight excluding hydrogens is 407 g/mol. The molecule has 9 heteroatoms. The molecule has 0 radical (unpaired) electrons. The predicted molar refractivity (Wildman–Crippen MR) is 110 cm³/mol. The molecular formula is C22H18F3N5O. The van der Waals surface area contributed by atoms with E-state index in [1.165, 1.54) is 11.0 Å². The number of aryl methyl sites for hydroxylation is 1. The summed E-state index contributed by atoms with van der Waals surface area (Å²) >= 11 is 0. The van der Waals surface area contributed by atoms with Crippen molar-refractivity contribution in [3.63, 3.8) is 0 Å². The zero-order valence-corrected chi connectivity index (χ0v) is 16.7. The van der Waals surface area contributed by atoms with Gasteiger partial charge in [0.15, 0.2) is 6.19 Å². The Morgan fingerprint density at radius 1 is 1.19 bits per heavy atom. The number of carbonyl (C=O) groups excluding carboxylic acids is 1. The first-order valence-corrected chi connectivity index (χ1v) is 9.31. The smallest absolute Gasteiger partial charge is 0.322 e. The number of hydrogen-bond acceptors (Lipinski definition) is 5. The Kier molecular flexibility index (Phi) is 6.20. The monoisotopic (exact) mass is 425 g/mol. The molecule has 3 rings (SSSR count). The van der Waals surface area contributed by atoms with E-state index >= 15 is 0 Å². The van der Waals surface area contributed by atoms with Crippen molar-refractivity contribution in [3.05, 3.63) is 71.8 Å². The predicted octanol–water partition coefficient (Wildman–Crippen LogP) is 5.03. The zero-order chi connectivity index (χ0) is 22.6. The molecule has 0 fully saturated rings. The topological polar surface area (TPSA) is 81.9 Å². The van der Waals surface area contributed by atoms with Crippen molar-refractivity contribution in [2.75, 3.05) is 16.8 Å². The molecule has 6 nitrogen and oxygen atoms in total. The minimum absolute atomic E-state index is 0.152. The molecule has 3 aromatic rings. The van der Waals surface area contributed by atoms with E-state index in [2.05, 4.69) is 21.5 Å². The van der Waals surface area contributed by atoms with Gasteiger partial charge in [-0.2, -0.15) is 18.4 Å². The summed E-state index contributed by atoms with van der Waals surface area (Å²) in [7, 11) is 0. The molecule has 1 N–H and O–H groups in total. The molecule has 0 saturated heterocycles. The van der Waals surface area contributed by atoms with E-state index in [1.54, 1.807) is 30.6 Å². The average Bonchev–Trinajstić information content (AvgIpc) is 2.75. The summed E-state index contributed by atoms with van der Waals surface area (Å²) in [5.74, 6) is -0.684. The minimum atomic E-state index is -4.64. The number of pyridine rings is 2. The summed E-state index contributed by atoms with van der Waals surface area (Å²) < 4.78 is 38.6. The van der Waals surface area contributed by atoms with Crippen LogP contribution in [-0.2, 0) is 6.18 Å². The summed E-state index contributed by atoms with van der Waals surface area (Å²) in [6.07, 6.45) is 1.62. The number of rotatable bonds is 5. The van der Waals surface area contributed by atoms with Crippen LogP contribution in [0.5, 0.6) is 0 Å². The Bertz CT molecular complexity index is 1150. The number of nitrogens with zero attached hydrogens (tertiary/aromatic N) is 4. The molecule has 0 saturated carbocycles. The first kappa shape index (κ1) is 21.8. The number of amides is 1. The first-order valence-electron chi connectivity index (χ1n) is 9.31. The van der Waals surface area contributed by atoms with Gasteiger partial charge in [0.05, 0.1) is 11.9 Å². The van der Waals surface area contributed by atoms with Gasteiger partial charge in [-0.3, -0.25) is 19.7 Å². The van der Waals surface area contributed by atoms with Gasteiger partial charge in [0.25, 0.3) is 5.91 Å². The highest BCUT2D eigenvalue weighted by Gasteiger charge is 2.33. The fourth-order valence-corrected chi connectivity index (χ4v) is 2.97. The average molecular weight is 425 g/mol. The molecule has 0 unspecified atom stereocenters. The standard InChI is InChI=1S/C22H18F3N5O/c1-3-30(13-26)18-8-16(11-27-12-18)19-10-17(5-4-14(19)2)29-21(31)15-6-7-28-20(9-15)22(23,24)25/h4-12H,3H2,1-2H3,(H,29,31). The van der Waals surface area contributed by atoms with Crippen LogP contribution in [0.1, 0.15) is 28.5 Å². The van der Waals surface area contributed by atoms with Gasteiger partial charge in [0, 0.05) is 35.8 Å². The molecule has 2 aromatic heterocycles. The van der Waals surface area contributed by atoms with Crippen molar-refractivity contribution in [1.82, 2.24) is 9.97 Å². The van der Waals surface area contributed by atoms with Gasteiger partial charge in [0.1, 0.15) is 5.69 Å². The summed E-state index contributed by atoms with van der Waals surface area (Å²) in [5.41, 5.74) is 2.17. The van der Waals surface area contributed by atoms with Crippen molar-refractivity contribution >= 4 is 17.3 Å². The molecule has 0 aliphatic heterocycles. The van der Waals surface area contributed by atoms with Gasteiger partial charge in [-0.05, 0) is 55.3 Å². The Labute approximate surface area is 177 Å². The SMILES string of the molecule is CCN(C#N)c1cncc(-c2cc(NC(=O)c3ccnc(C(F)(F)F)c3)ccc2C)c1. The number of carbonyl (C=O) groups is 1. The summed E-state index contributed by atoms with van der Waals surface area (Å²) in [6.45, 7) is 4.22. The lowest BCUT2D eigenvalue weighted by Gasteiger charge is -2.15. The van der Waals surface area contributed by atoms with Gasteiger partial charge < -0.3 is 5.32 Å². The van der Waals surface area contributed by atoms with Gasteiger partial charge in [-0.15, -0.1) is 0 Å². The number of nitriles is 1. The molecule has 2 heterocycles. The number of aromatic nitrogens is 2.